The molecule has 2 amide bonds. The number of anilines is 1. The van der Waals surface area contributed by atoms with Gasteiger partial charge in [-0.2, -0.15) is 11.8 Å². The average molecular weight is 324 g/mol. The van der Waals surface area contributed by atoms with E-state index in [-0.39, 0.29) is 17.5 Å². The van der Waals surface area contributed by atoms with Gasteiger partial charge in [-0.05, 0) is 43.7 Å². The molecule has 0 unspecified atom stereocenters. The fourth-order valence-corrected chi connectivity index (χ4v) is 3.56. The van der Waals surface area contributed by atoms with Crippen LogP contribution in [-0.4, -0.2) is 29.4 Å². The molecular formula is C16H21FN2O2S. The number of rotatable bonds is 4. The standard InChI is InChI=1S/C16H21FN2O2S/c1-10(20)18-12-6-7-15(17)14(9-12)16(21)19-11-4-3-5-13(8-11)22-2/h6-7,9,11,13H,3-5,8H2,1-2H3,(H,18,20)(H,19,21)/t11-,13+/m0/s1. The minimum Gasteiger partial charge on any atom is -0.349 e. The van der Waals surface area contributed by atoms with E-state index in [9.17, 15) is 14.0 Å². The highest BCUT2D eigenvalue weighted by Gasteiger charge is 2.24. The molecule has 0 radical (unpaired) electrons. The number of hydrogen-bond acceptors (Lipinski definition) is 3. The molecule has 1 aliphatic carbocycles. The Kier molecular flexibility index (Phi) is 5.83. The van der Waals surface area contributed by atoms with Crippen LogP contribution in [0.5, 0.6) is 0 Å². The van der Waals surface area contributed by atoms with Crippen molar-refractivity contribution in [3.8, 4) is 0 Å². The summed E-state index contributed by atoms with van der Waals surface area (Å²) in [6.45, 7) is 1.37. The van der Waals surface area contributed by atoms with E-state index in [1.807, 2.05) is 11.8 Å². The van der Waals surface area contributed by atoms with Crippen LogP contribution in [0.15, 0.2) is 18.2 Å². The Morgan fingerprint density at radius 3 is 2.77 bits per heavy atom. The largest absolute Gasteiger partial charge is 0.349 e. The van der Waals surface area contributed by atoms with Gasteiger partial charge in [0.1, 0.15) is 5.82 Å². The van der Waals surface area contributed by atoms with Crippen molar-refractivity contribution in [2.24, 2.45) is 0 Å². The van der Waals surface area contributed by atoms with Gasteiger partial charge in [-0.15, -0.1) is 0 Å². The van der Waals surface area contributed by atoms with Crippen molar-refractivity contribution in [2.45, 2.75) is 43.9 Å². The number of halogens is 1. The molecule has 0 bridgehead atoms. The van der Waals surface area contributed by atoms with E-state index in [1.165, 1.54) is 31.5 Å². The molecule has 1 aliphatic rings. The molecule has 2 atom stereocenters. The minimum absolute atomic E-state index is 0.0301. The Labute approximate surface area is 134 Å². The molecule has 22 heavy (non-hydrogen) atoms. The smallest absolute Gasteiger partial charge is 0.254 e. The van der Waals surface area contributed by atoms with Crippen LogP contribution in [0.2, 0.25) is 0 Å². The number of thioether (sulfide) groups is 1. The lowest BCUT2D eigenvalue weighted by Gasteiger charge is -2.28. The maximum Gasteiger partial charge on any atom is 0.254 e. The van der Waals surface area contributed by atoms with Crippen LogP contribution < -0.4 is 10.6 Å². The van der Waals surface area contributed by atoms with E-state index >= 15 is 0 Å². The molecule has 1 aromatic carbocycles. The van der Waals surface area contributed by atoms with Crippen molar-refractivity contribution < 1.29 is 14.0 Å². The van der Waals surface area contributed by atoms with E-state index in [0.717, 1.165) is 19.3 Å². The van der Waals surface area contributed by atoms with Gasteiger partial charge in [0.25, 0.3) is 5.91 Å². The second-order valence-corrected chi connectivity index (χ2v) is 6.71. The summed E-state index contributed by atoms with van der Waals surface area (Å²) in [5.41, 5.74) is 0.391. The first-order valence-corrected chi connectivity index (χ1v) is 8.69. The van der Waals surface area contributed by atoms with Gasteiger partial charge in [0, 0.05) is 23.9 Å². The molecule has 0 aromatic heterocycles. The van der Waals surface area contributed by atoms with Crippen LogP contribution in [0.4, 0.5) is 10.1 Å². The SMILES string of the molecule is CS[C@@H]1CCC[C@H](NC(=O)c2cc(NC(C)=O)ccc2F)C1. The number of carbonyl (C=O) groups is 2. The van der Waals surface area contributed by atoms with E-state index in [4.69, 9.17) is 0 Å². The highest BCUT2D eigenvalue weighted by Crippen LogP contribution is 2.27. The van der Waals surface area contributed by atoms with E-state index in [2.05, 4.69) is 16.9 Å². The number of hydrogen-bond donors (Lipinski definition) is 2. The third-order valence-corrected chi connectivity index (χ3v) is 4.92. The normalized spacial score (nSPS) is 21.2. The fourth-order valence-electron chi connectivity index (χ4n) is 2.73. The molecule has 2 rings (SSSR count). The summed E-state index contributed by atoms with van der Waals surface area (Å²) >= 11 is 1.81. The van der Waals surface area contributed by atoms with Crippen LogP contribution in [0.25, 0.3) is 0 Å². The molecule has 0 aliphatic heterocycles. The molecule has 0 heterocycles. The first-order chi connectivity index (χ1) is 10.5. The zero-order valence-corrected chi connectivity index (χ0v) is 13.6. The highest BCUT2D eigenvalue weighted by molar-refractivity contribution is 7.99. The molecule has 2 N–H and O–H groups in total. The lowest BCUT2D eigenvalue weighted by Crippen LogP contribution is -2.39. The zero-order chi connectivity index (χ0) is 16.1. The molecule has 120 valence electrons. The van der Waals surface area contributed by atoms with Crippen LogP contribution in [0.3, 0.4) is 0 Å². The van der Waals surface area contributed by atoms with Gasteiger partial charge in [-0.3, -0.25) is 9.59 Å². The predicted molar refractivity (Wildman–Crippen MR) is 87.7 cm³/mol. The van der Waals surface area contributed by atoms with Crippen molar-refractivity contribution in [2.75, 3.05) is 11.6 Å². The minimum atomic E-state index is -0.580. The first-order valence-electron chi connectivity index (χ1n) is 7.40. The van der Waals surface area contributed by atoms with Crippen molar-refractivity contribution in [3.63, 3.8) is 0 Å². The molecule has 1 fully saturated rings. The highest BCUT2D eigenvalue weighted by atomic mass is 32.2. The average Bonchev–Trinajstić information content (AvgIpc) is 2.48. The number of amides is 2. The van der Waals surface area contributed by atoms with Crippen LogP contribution in [-0.2, 0) is 4.79 Å². The maximum atomic E-state index is 13.9. The summed E-state index contributed by atoms with van der Waals surface area (Å²) < 4.78 is 13.9. The molecule has 0 saturated heterocycles. The molecule has 0 spiro atoms. The fraction of sp³-hybridized carbons (Fsp3) is 0.500. The molecule has 4 nitrogen and oxygen atoms in total. The lowest BCUT2D eigenvalue weighted by molar-refractivity contribution is -0.114. The van der Waals surface area contributed by atoms with Crippen molar-refractivity contribution >= 4 is 29.3 Å². The monoisotopic (exact) mass is 324 g/mol. The number of nitrogens with one attached hydrogen (secondary N) is 2. The molecule has 6 heteroatoms. The van der Waals surface area contributed by atoms with Crippen molar-refractivity contribution in [1.29, 1.82) is 0 Å². The summed E-state index contributed by atoms with van der Waals surface area (Å²) in [5.74, 6) is -1.26. The van der Waals surface area contributed by atoms with Crippen LogP contribution in [0.1, 0.15) is 43.0 Å². The van der Waals surface area contributed by atoms with Gasteiger partial charge in [0.15, 0.2) is 0 Å². The van der Waals surface area contributed by atoms with Gasteiger partial charge in [-0.1, -0.05) is 6.42 Å². The number of benzene rings is 1. The summed E-state index contributed by atoms with van der Waals surface area (Å²) in [7, 11) is 0. The second-order valence-electron chi connectivity index (χ2n) is 5.57. The topological polar surface area (TPSA) is 58.2 Å². The van der Waals surface area contributed by atoms with E-state index in [0.29, 0.717) is 10.9 Å². The lowest BCUT2D eigenvalue weighted by atomic mass is 9.94. The Bertz CT molecular complexity index is 565. The molecule has 1 saturated carbocycles. The Balaban J connectivity index is 2.06. The summed E-state index contributed by atoms with van der Waals surface area (Å²) in [4.78, 5) is 23.4. The van der Waals surface area contributed by atoms with Gasteiger partial charge in [-0.25, -0.2) is 4.39 Å². The molecule has 1 aromatic rings. The Hall–Kier alpha value is -1.56. The third kappa shape index (κ3) is 4.47. The predicted octanol–water partition coefficient (Wildman–Crippen LogP) is 3.19. The Morgan fingerprint density at radius 2 is 2.09 bits per heavy atom. The van der Waals surface area contributed by atoms with Gasteiger partial charge >= 0.3 is 0 Å². The van der Waals surface area contributed by atoms with Crippen LogP contribution >= 0.6 is 11.8 Å². The van der Waals surface area contributed by atoms with Crippen LogP contribution in [0, 0.1) is 5.82 Å². The first kappa shape index (κ1) is 16.8. The van der Waals surface area contributed by atoms with Gasteiger partial charge < -0.3 is 10.6 Å². The second kappa shape index (κ2) is 7.63. The van der Waals surface area contributed by atoms with Crippen molar-refractivity contribution in [1.82, 2.24) is 5.32 Å². The maximum absolute atomic E-state index is 13.9. The molecular weight excluding hydrogens is 303 g/mol. The van der Waals surface area contributed by atoms with Gasteiger partial charge in [0.2, 0.25) is 5.91 Å². The zero-order valence-electron chi connectivity index (χ0n) is 12.8. The quantitative estimate of drug-likeness (QED) is 0.894. The summed E-state index contributed by atoms with van der Waals surface area (Å²) in [6.07, 6.45) is 6.16. The van der Waals surface area contributed by atoms with Crippen molar-refractivity contribution in [3.05, 3.63) is 29.6 Å². The summed E-state index contributed by atoms with van der Waals surface area (Å²) in [5, 5.41) is 6.02. The van der Waals surface area contributed by atoms with E-state index < -0.39 is 11.7 Å². The number of carbonyl (C=O) groups excluding carboxylic acids is 2. The summed E-state index contributed by atoms with van der Waals surface area (Å²) in [6, 6.07) is 4.10. The van der Waals surface area contributed by atoms with Gasteiger partial charge in [0.05, 0.1) is 5.56 Å². The Morgan fingerprint density at radius 1 is 1.32 bits per heavy atom. The third-order valence-electron chi connectivity index (χ3n) is 3.83. The van der Waals surface area contributed by atoms with E-state index in [1.54, 1.807) is 0 Å².